The van der Waals surface area contributed by atoms with Crippen molar-refractivity contribution in [2.75, 3.05) is 19.7 Å². The number of phenols is 2. The van der Waals surface area contributed by atoms with Gasteiger partial charge in [0.1, 0.15) is 35.3 Å². The van der Waals surface area contributed by atoms with E-state index < -0.39 is 95.3 Å². The van der Waals surface area contributed by atoms with Crippen molar-refractivity contribution in [3.8, 4) is 34.8 Å². The second-order valence-electron chi connectivity index (χ2n) is 15.2. The van der Waals surface area contributed by atoms with Crippen LogP contribution in [0.3, 0.4) is 0 Å². The molecule has 4 aromatic rings. The number of aliphatic hydroxyl groups excluding tert-OH is 2. The van der Waals surface area contributed by atoms with Gasteiger partial charge in [0.25, 0.3) is 5.91 Å². The number of nitrogens with one attached hydrogen (secondary N) is 2. The van der Waals surface area contributed by atoms with E-state index in [2.05, 4.69) is 31.1 Å². The zero-order valence-electron chi connectivity index (χ0n) is 34.6. The van der Waals surface area contributed by atoms with Gasteiger partial charge in [0.05, 0.1) is 42.6 Å². The lowest BCUT2D eigenvalue weighted by Crippen LogP contribution is -2.34. The summed E-state index contributed by atoms with van der Waals surface area (Å²) >= 11 is 0. The lowest BCUT2D eigenvalue weighted by Gasteiger charge is -2.36. The molecule has 29 heteroatoms. The van der Waals surface area contributed by atoms with Crippen LogP contribution in [0.5, 0.6) is 23.0 Å². The number of hydrogen-bond acceptors (Lipinski definition) is 18. The topological polar surface area (TPSA) is 392 Å². The van der Waals surface area contributed by atoms with Crippen LogP contribution < -0.4 is 15.4 Å². The molecule has 6 atom stereocenters. The highest BCUT2D eigenvalue weighted by molar-refractivity contribution is 7.66. The third-order valence-corrected chi connectivity index (χ3v) is 14.4. The van der Waals surface area contributed by atoms with Crippen LogP contribution in [0.25, 0.3) is 0 Å². The van der Waals surface area contributed by atoms with E-state index >= 15 is 0 Å². The summed E-state index contributed by atoms with van der Waals surface area (Å²) in [6, 6.07) is 13.3. The summed E-state index contributed by atoms with van der Waals surface area (Å²) in [5, 5.41) is 56.3. The highest BCUT2D eigenvalue weighted by Gasteiger charge is 2.54. The molecule has 0 bridgehead atoms. The van der Waals surface area contributed by atoms with Crippen molar-refractivity contribution < 1.29 is 100 Å². The van der Waals surface area contributed by atoms with Gasteiger partial charge in [0.15, 0.2) is 5.60 Å². The molecule has 2 amide bonds. The number of nitro groups is 1. The third-order valence-electron chi connectivity index (χ3n) is 10.5. The van der Waals surface area contributed by atoms with Gasteiger partial charge in [-0.3, -0.25) is 14.1 Å². The molecule has 26 nitrogen and oxygen atoms in total. The average molecular weight is 1010 g/mol. The van der Waals surface area contributed by atoms with E-state index in [1.165, 1.54) is 60.8 Å². The molecule has 1 aromatic heterocycles. The normalized spacial score (nSPS) is 20.0. The van der Waals surface area contributed by atoms with Crippen LogP contribution in [0.4, 0.5) is 5.82 Å². The zero-order chi connectivity index (χ0) is 49.3. The Hall–Kier alpha value is -6.00. The van der Waals surface area contributed by atoms with E-state index in [9.17, 15) is 68.4 Å². The van der Waals surface area contributed by atoms with E-state index in [0.29, 0.717) is 11.1 Å². The number of nitrogens with zero attached hydrogens (tertiary/aromatic N) is 2. The molecule has 0 saturated carbocycles. The Labute approximate surface area is 382 Å². The Bertz CT molecular complexity index is 2840. The monoisotopic (exact) mass is 1010 g/mol. The highest BCUT2D eigenvalue weighted by atomic mass is 31.3. The summed E-state index contributed by atoms with van der Waals surface area (Å²) in [5.74, 6) is 2.33. The molecule has 1 saturated heterocycles. The second kappa shape index (κ2) is 19.5. The maximum atomic E-state index is 13.6. The number of aliphatic hydroxyl groups is 2. The minimum atomic E-state index is -5.95. The first-order chi connectivity index (χ1) is 32.0. The molecule has 0 radical (unpaired) electrons. The quantitative estimate of drug-likeness (QED) is 0.0239. The van der Waals surface area contributed by atoms with Crippen molar-refractivity contribution >= 4 is 47.1 Å². The van der Waals surface area contributed by atoms with Crippen LogP contribution >= 0.6 is 23.5 Å². The first-order valence-electron chi connectivity index (χ1n) is 19.9. The molecule has 3 aliphatic rings. The van der Waals surface area contributed by atoms with Crippen molar-refractivity contribution in [1.29, 1.82) is 0 Å². The Morgan fingerprint density at radius 1 is 0.941 bits per heavy atom. The number of phenolic OH excluding ortho intramolecular Hbond substituents is 2. The van der Waals surface area contributed by atoms with Crippen molar-refractivity contribution in [1.82, 2.24) is 15.2 Å². The number of benzene rings is 3. The third kappa shape index (κ3) is 11.1. The molecular formula is C39H39N4O22P3. The molecule has 10 N–H and O–H groups in total. The van der Waals surface area contributed by atoms with Crippen LogP contribution in [0.1, 0.15) is 74.9 Å². The fourth-order valence-corrected chi connectivity index (χ4v) is 10.9. The molecule has 7 rings (SSSR count). The second-order valence-corrected chi connectivity index (χ2v) is 19.5. The Morgan fingerprint density at radius 2 is 1.60 bits per heavy atom. The van der Waals surface area contributed by atoms with E-state index in [1.54, 1.807) is 0 Å². The number of aromatic hydroxyl groups is 2. The minimum Gasteiger partial charge on any atom is -0.508 e. The fourth-order valence-electron chi connectivity index (χ4n) is 7.67. The number of carbonyl (C=O) groups is 3. The number of ether oxygens (including phenoxy) is 3. The summed E-state index contributed by atoms with van der Waals surface area (Å²) in [6.45, 7) is -1.45. The Morgan fingerprint density at radius 3 is 2.22 bits per heavy atom. The summed E-state index contributed by atoms with van der Waals surface area (Å²) in [5.41, 5.74) is -0.835. The van der Waals surface area contributed by atoms with Crippen molar-refractivity contribution in [2.45, 2.75) is 55.8 Å². The summed E-state index contributed by atoms with van der Waals surface area (Å²) in [7, 11) is -17.4. The van der Waals surface area contributed by atoms with Gasteiger partial charge in [-0.05, 0) is 54.2 Å². The summed E-state index contributed by atoms with van der Waals surface area (Å²) < 4.78 is 67.2. The van der Waals surface area contributed by atoms with Crippen LogP contribution in [-0.4, -0.2) is 105 Å². The van der Waals surface area contributed by atoms with E-state index in [1.807, 2.05) is 0 Å². The molecule has 362 valence electrons. The average Bonchev–Trinajstić information content (AvgIpc) is 3.93. The van der Waals surface area contributed by atoms with Gasteiger partial charge in [-0.1, -0.05) is 17.9 Å². The molecule has 4 heterocycles. The number of fused-ring (bicyclic) bond motifs is 6. The number of aromatic nitrogens is 1. The molecule has 1 spiro atoms. The molecular weight excluding hydrogens is 969 g/mol. The fraction of sp³-hybridized carbons (Fsp3) is 0.308. The van der Waals surface area contributed by atoms with Gasteiger partial charge < -0.3 is 75.0 Å². The Kier molecular flexibility index (Phi) is 14.3. The van der Waals surface area contributed by atoms with Gasteiger partial charge in [-0.25, -0.2) is 23.1 Å². The first-order valence-corrected chi connectivity index (χ1v) is 24.4. The summed E-state index contributed by atoms with van der Waals surface area (Å²) in [6.07, 6.45) is -4.14. The van der Waals surface area contributed by atoms with Crippen LogP contribution in [0.15, 0.2) is 66.9 Å². The number of esters is 1. The summed E-state index contributed by atoms with van der Waals surface area (Å²) in [4.78, 5) is 88.6. The largest absolute Gasteiger partial charge is 0.508 e. The number of phosphoric acid groups is 3. The van der Waals surface area contributed by atoms with E-state index in [4.69, 9.17) is 28.5 Å². The standard InChI is InChI=1S/C39H39N4O22P3/c44-20-33-30(47)17-36(61-33)42-19-21(13-35(42)43(51)52)3-2-12-40-34(48)5-1-4-25(63-67(56,57)65-68(58,59)64-66(53,54)55)18-41-37(49)22-6-9-27-26(14-22)38(50)62-39(27)28-10-7-23(45)15-31(28)60-32-16-24(46)8-11-29(32)39/h6-11,13-16,19,25,30,33,36,44-47H,1,4-5,12,17-18,20H2,(H,40,48)(H,41,49)(H,56,57)(H,58,59)(H2,53,54,55)/t25?,30-,33+,36+/m0/s1. The van der Waals surface area contributed by atoms with Gasteiger partial charge in [0, 0.05) is 53.8 Å². The maximum Gasteiger partial charge on any atom is 0.490 e. The number of phosphoric ester groups is 1. The van der Waals surface area contributed by atoms with Gasteiger partial charge in [-0.2, -0.15) is 8.62 Å². The predicted molar refractivity (Wildman–Crippen MR) is 226 cm³/mol. The minimum absolute atomic E-state index is 0.0309. The lowest BCUT2D eigenvalue weighted by molar-refractivity contribution is -0.393. The molecule has 68 heavy (non-hydrogen) atoms. The van der Waals surface area contributed by atoms with Crippen LogP contribution in [0.2, 0.25) is 0 Å². The predicted octanol–water partition coefficient (Wildman–Crippen LogP) is 2.80. The molecule has 3 unspecified atom stereocenters. The van der Waals surface area contributed by atoms with Gasteiger partial charge in [-0.15, -0.1) is 0 Å². The SMILES string of the molecule is O=C(CCCC(CNC(=O)c1ccc2c(c1)C(=O)OC21c2ccc(O)cc2Oc2cc(O)ccc21)OP(=O)(O)OP(=O)(O)OP(=O)(O)O)NCC#Cc1cc([N+](=O)[O-])n([C@H]2C[C@H](O)[C@@H](CO)O2)c1. The zero-order valence-corrected chi connectivity index (χ0v) is 37.3. The molecule has 0 aliphatic carbocycles. The molecule has 1 fully saturated rings. The Balaban J connectivity index is 1.02. The highest BCUT2D eigenvalue weighted by Crippen LogP contribution is 2.66. The first kappa shape index (κ1) is 49.9. The van der Waals surface area contributed by atoms with Crippen molar-refractivity contribution in [2.24, 2.45) is 0 Å². The smallest absolute Gasteiger partial charge is 0.490 e. The van der Waals surface area contributed by atoms with Crippen LogP contribution in [0, 0.1) is 22.0 Å². The van der Waals surface area contributed by atoms with Crippen molar-refractivity contribution in [3.63, 3.8) is 0 Å². The van der Waals surface area contributed by atoms with E-state index in [-0.39, 0.29) is 77.5 Å². The van der Waals surface area contributed by atoms with Crippen molar-refractivity contribution in [3.05, 3.63) is 110 Å². The van der Waals surface area contributed by atoms with Gasteiger partial charge in [0.2, 0.25) is 12.1 Å². The maximum absolute atomic E-state index is 13.6. The lowest BCUT2D eigenvalue weighted by atomic mass is 9.77. The van der Waals surface area contributed by atoms with Crippen LogP contribution in [-0.2, 0) is 46.7 Å². The molecule has 3 aromatic carbocycles. The number of carbonyl (C=O) groups excluding carboxylic acids is 3. The molecule has 3 aliphatic heterocycles. The number of rotatable bonds is 17. The van der Waals surface area contributed by atoms with Gasteiger partial charge >= 0.3 is 35.3 Å². The number of hydrogen-bond donors (Lipinski definition) is 10. The van der Waals surface area contributed by atoms with E-state index in [0.717, 1.165) is 10.6 Å². The number of amides is 2.